The molecule has 2 nitrogen and oxygen atoms in total. The minimum atomic E-state index is -0.633. The van der Waals surface area contributed by atoms with Gasteiger partial charge >= 0.3 is 0 Å². The van der Waals surface area contributed by atoms with Gasteiger partial charge in [-0.15, -0.1) is 0 Å². The number of aryl methyl sites for hydroxylation is 1. The number of aliphatic hydroxyl groups is 1. The molecule has 3 heteroatoms. The van der Waals surface area contributed by atoms with Crippen molar-refractivity contribution in [3.63, 3.8) is 0 Å². The Bertz CT molecular complexity index is 462. The summed E-state index contributed by atoms with van der Waals surface area (Å²) in [5, 5.41) is 10.9. The molecule has 3 rings (SSSR count). The number of hydrogen-bond acceptors (Lipinski definition) is 2. The van der Waals surface area contributed by atoms with Gasteiger partial charge in [-0.05, 0) is 49.6 Å². The lowest BCUT2D eigenvalue weighted by atomic mass is 9.77. The van der Waals surface area contributed by atoms with Crippen LogP contribution in [-0.2, 0) is 6.42 Å². The predicted molar refractivity (Wildman–Crippen MR) is 69.0 cm³/mol. The highest BCUT2D eigenvalue weighted by Crippen LogP contribution is 2.38. The number of hydrogen-bond donors (Lipinski definition) is 1. The van der Waals surface area contributed by atoms with Gasteiger partial charge in [0, 0.05) is 25.4 Å². The average Bonchev–Trinajstić information content (AvgIpc) is 2.75. The van der Waals surface area contributed by atoms with Gasteiger partial charge in [0.2, 0.25) is 0 Å². The predicted octanol–water partition coefficient (Wildman–Crippen LogP) is 2.13. The molecule has 1 aromatic carbocycles. The standard InChI is InChI=1S/C15H20FNO/c1-11-2-3-14(16)8-12(11)9-15(18)5-7-17-6-4-13(15)10-17/h2-3,8,13,18H,4-7,9-10H2,1H3. The van der Waals surface area contributed by atoms with E-state index >= 15 is 0 Å². The van der Waals surface area contributed by atoms with Crippen LogP contribution in [0.4, 0.5) is 4.39 Å². The summed E-state index contributed by atoms with van der Waals surface area (Å²) in [7, 11) is 0. The molecule has 3 atom stereocenters. The lowest BCUT2D eigenvalue weighted by molar-refractivity contribution is -0.0440. The van der Waals surface area contributed by atoms with Crippen LogP contribution in [0.1, 0.15) is 24.0 Å². The highest BCUT2D eigenvalue weighted by atomic mass is 19.1. The second-order valence-electron chi connectivity index (χ2n) is 5.89. The van der Waals surface area contributed by atoms with Crippen molar-refractivity contribution in [1.82, 2.24) is 4.90 Å². The lowest BCUT2D eigenvalue weighted by Gasteiger charge is -2.39. The second kappa shape index (κ2) is 4.32. The molecule has 2 aliphatic rings. The number of fused-ring (bicyclic) bond motifs is 2. The molecule has 3 unspecified atom stereocenters. The van der Waals surface area contributed by atoms with Gasteiger partial charge in [0.25, 0.3) is 0 Å². The van der Waals surface area contributed by atoms with Gasteiger partial charge in [0.05, 0.1) is 5.60 Å². The third kappa shape index (κ3) is 2.06. The van der Waals surface area contributed by atoms with Crippen LogP contribution in [0.15, 0.2) is 18.2 Å². The summed E-state index contributed by atoms with van der Waals surface area (Å²) in [6.45, 7) is 5.07. The number of piperidine rings is 1. The van der Waals surface area contributed by atoms with Crippen LogP contribution < -0.4 is 0 Å². The molecule has 2 aliphatic heterocycles. The Morgan fingerprint density at radius 2 is 2.28 bits per heavy atom. The lowest BCUT2D eigenvalue weighted by Crippen LogP contribution is -2.47. The molecule has 18 heavy (non-hydrogen) atoms. The highest BCUT2D eigenvalue weighted by molar-refractivity contribution is 5.28. The van der Waals surface area contributed by atoms with Crippen LogP contribution in [0.5, 0.6) is 0 Å². The molecule has 0 radical (unpaired) electrons. The van der Waals surface area contributed by atoms with Crippen LogP contribution in [0.25, 0.3) is 0 Å². The van der Waals surface area contributed by atoms with Crippen LogP contribution >= 0.6 is 0 Å². The van der Waals surface area contributed by atoms with E-state index in [0.717, 1.165) is 43.6 Å². The zero-order valence-electron chi connectivity index (χ0n) is 10.8. The summed E-state index contributed by atoms with van der Waals surface area (Å²) in [6.07, 6.45) is 2.48. The monoisotopic (exact) mass is 249 g/mol. The number of halogens is 1. The topological polar surface area (TPSA) is 23.5 Å². The summed E-state index contributed by atoms with van der Waals surface area (Å²) in [6, 6.07) is 4.87. The van der Waals surface area contributed by atoms with Crippen molar-refractivity contribution in [3.8, 4) is 0 Å². The number of rotatable bonds is 2. The van der Waals surface area contributed by atoms with E-state index in [-0.39, 0.29) is 5.82 Å². The summed E-state index contributed by atoms with van der Waals surface area (Å²) < 4.78 is 13.3. The van der Waals surface area contributed by atoms with Crippen molar-refractivity contribution in [2.24, 2.45) is 5.92 Å². The third-order valence-electron chi connectivity index (χ3n) is 4.70. The van der Waals surface area contributed by atoms with Crippen LogP contribution in [0, 0.1) is 18.7 Å². The van der Waals surface area contributed by atoms with Gasteiger partial charge in [-0.2, -0.15) is 0 Å². The first-order valence-corrected chi connectivity index (χ1v) is 6.77. The minimum absolute atomic E-state index is 0.206. The van der Waals surface area contributed by atoms with Crippen molar-refractivity contribution in [2.45, 2.75) is 31.8 Å². The largest absolute Gasteiger partial charge is 0.389 e. The summed E-state index contributed by atoms with van der Waals surface area (Å²) >= 11 is 0. The smallest absolute Gasteiger partial charge is 0.123 e. The quantitative estimate of drug-likeness (QED) is 0.868. The maximum Gasteiger partial charge on any atom is 0.123 e. The maximum atomic E-state index is 13.3. The molecular formula is C15H20FNO. The third-order valence-corrected chi connectivity index (χ3v) is 4.70. The molecule has 98 valence electrons. The first kappa shape index (κ1) is 12.1. The zero-order chi connectivity index (χ0) is 12.8. The maximum absolute atomic E-state index is 13.3. The number of nitrogens with zero attached hydrogens (tertiary/aromatic N) is 1. The first-order chi connectivity index (χ1) is 8.57. The molecule has 0 saturated carbocycles. The molecule has 2 bridgehead atoms. The highest BCUT2D eigenvalue weighted by Gasteiger charge is 2.44. The Morgan fingerprint density at radius 1 is 1.44 bits per heavy atom. The van der Waals surface area contributed by atoms with E-state index in [2.05, 4.69) is 4.90 Å². The van der Waals surface area contributed by atoms with Gasteiger partial charge in [0.15, 0.2) is 0 Å². The van der Waals surface area contributed by atoms with Gasteiger partial charge in [-0.25, -0.2) is 4.39 Å². The van der Waals surface area contributed by atoms with E-state index in [1.807, 2.05) is 6.92 Å². The van der Waals surface area contributed by atoms with Gasteiger partial charge < -0.3 is 10.0 Å². The Kier molecular flexibility index (Phi) is 2.91. The average molecular weight is 249 g/mol. The summed E-state index contributed by atoms with van der Waals surface area (Å²) in [5.74, 6) is 0.150. The molecular weight excluding hydrogens is 229 g/mol. The molecule has 2 saturated heterocycles. The fraction of sp³-hybridized carbons (Fsp3) is 0.600. The van der Waals surface area contributed by atoms with E-state index in [1.54, 1.807) is 12.1 Å². The summed E-state index contributed by atoms with van der Waals surface area (Å²) in [5.41, 5.74) is 1.40. The van der Waals surface area contributed by atoms with Crippen molar-refractivity contribution in [3.05, 3.63) is 35.1 Å². The zero-order valence-corrected chi connectivity index (χ0v) is 10.8. The van der Waals surface area contributed by atoms with Crippen molar-refractivity contribution < 1.29 is 9.50 Å². The molecule has 2 heterocycles. The molecule has 0 amide bonds. The van der Waals surface area contributed by atoms with Crippen LogP contribution in [-0.4, -0.2) is 35.2 Å². The van der Waals surface area contributed by atoms with Gasteiger partial charge in [-0.1, -0.05) is 6.07 Å². The fourth-order valence-corrected chi connectivity index (χ4v) is 3.42. The minimum Gasteiger partial charge on any atom is -0.389 e. The number of benzene rings is 1. The SMILES string of the molecule is Cc1ccc(F)cc1CC1(O)CCN2CCC1C2. The van der Waals surface area contributed by atoms with E-state index in [9.17, 15) is 9.50 Å². The normalized spacial score (nSPS) is 34.8. The van der Waals surface area contributed by atoms with Crippen LogP contribution in [0.2, 0.25) is 0 Å². The molecule has 0 aliphatic carbocycles. The Hall–Kier alpha value is -0.930. The van der Waals surface area contributed by atoms with E-state index in [4.69, 9.17) is 0 Å². The molecule has 1 aromatic rings. The van der Waals surface area contributed by atoms with Crippen LogP contribution in [0.3, 0.4) is 0 Å². The molecule has 1 N–H and O–H groups in total. The fourth-order valence-electron chi connectivity index (χ4n) is 3.42. The van der Waals surface area contributed by atoms with Gasteiger partial charge in [0.1, 0.15) is 5.82 Å². The van der Waals surface area contributed by atoms with Crippen molar-refractivity contribution in [1.29, 1.82) is 0 Å². The Balaban J connectivity index is 1.84. The first-order valence-electron chi connectivity index (χ1n) is 6.77. The van der Waals surface area contributed by atoms with E-state index in [0.29, 0.717) is 12.3 Å². The molecule has 0 spiro atoms. The molecule has 2 fully saturated rings. The summed E-state index contributed by atoms with van der Waals surface area (Å²) in [4.78, 5) is 2.41. The Labute approximate surface area is 107 Å². The van der Waals surface area contributed by atoms with Crippen molar-refractivity contribution in [2.75, 3.05) is 19.6 Å². The van der Waals surface area contributed by atoms with E-state index in [1.165, 1.54) is 6.07 Å². The van der Waals surface area contributed by atoms with Gasteiger partial charge in [-0.3, -0.25) is 0 Å². The van der Waals surface area contributed by atoms with Crippen molar-refractivity contribution >= 4 is 0 Å². The molecule has 0 aromatic heterocycles. The second-order valence-corrected chi connectivity index (χ2v) is 5.89. The van der Waals surface area contributed by atoms with E-state index < -0.39 is 5.60 Å². The Morgan fingerprint density at radius 3 is 3.11 bits per heavy atom.